The first-order chi connectivity index (χ1) is 9.63. The number of rotatable bonds is 12. The second-order valence-corrected chi connectivity index (χ2v) is 5.42. The highest BCUT2D eigenvalue weighted by Crippen LogP contribution is 2.20. The van der Waals surface area contributed by atoms with Crippen LogP contribution in [-0.4, -0.2) is 36.4 Å². The Balaban J connectivity index is 2.18. The SMILES string of the molecule is CCCCC(CCCCCC(=O)O)C(=O)OCC1CO1. The first-order valence-electron chi connectivity index (χ1n) is 7.63. The molecule has 0 spiro atoms. The molecule has 0 radical (unpaired) electrons. The van der Waals surface area contributed by atoms with E-state index in [9.17, 15) is 9.59 Å². The molecule has 5 heteroatoms. The van der Waals surface area contributed by atoms with E-state index in [1.165, 1.54) is 0 Å². The number of ether oxygens (including phenoxy) is 2. The summed E-state index contributed by atoms with van der Waals surface area (Å²) in [5, 5.41) is 8.57. The average molecular weight is 286 g/mol. The number of carboxylic acids is 1. The van der Waals surface area contributed by atoms with E-state index in [1.54, 1.807) is 0 Å². The third kappa shape index (κ3) is 8.15. The number of hydrogen-bond donors (Lipinski definition) is 1. The topological polar surface area (TPSA) is 76.1 Å². The summed E-state index contributed by atoms with van der Waals surface area (Å²) in [6, 6.07) is 0. The van der Waals surface area contributed by atoms with Crippen molar-refractivity contribution < 1.29 is 24.2 Å². The zero-order valence-electron chi connectivity index (χ0n) is 12.3. The van der Waals surface area contributed by atoms with E-state index in [1.807, 2.05) is 0 Å². The summed E-state index contributed by atoms with van der Waals surface area (Å²) in [4.78, 5) is 22.4. The molecule has 2 unspecified atom stereocenters. The van der Waals surface area contributed by atoms with Gasteiger partial charge in [-0.2, -0.15) is 0 Å². The number of aliphatic carboxylic acids is 1. The number of carbonyl (C=O) groups excluding carboxylic acids is 1. The van der Waals surface area contributed by atoms with Crippen molar-refractivity contribution in [3.8, 4) is 0 Å². The van der Waals surface area contributed by atoms with Gasteiger partial charge in [-0.15, -0.1) is 0 Å². The zero-order valence-corrected chi connectivity index (χ0v) is 12.3. The molecule has 0 saturated carbocycles. The summed E-state index contributed by atoms with van der Waals surface area (Å²) in [7, 11) is 0. The normalized spacial score (nSPS) is 18.6. The van der Waals surface area contributed by atoms with Crippen LogP contribution in [0.1, 0.15) is 58.3 Å². The maximum absolute atomic E-state index is 12.0. The lowest BCUT2D eigenvalue weighted by molar-refractivity contribution is -0.149. The lowest BCUT2D eigenvalue weighted by Crippen LogP contribution is -2.20. The van der Waals surface area contributed by atoms with Crippen LogP contribution in [0.15, 0.2) is 0 Å². The summed E-state index contributed by atoms with van der Waals surface area (Å²) < 4.78 is 10.3. The number of carbonyl (C=O) groups is 2. The van der Waals surface area contributed by atoms with Crippen molar-refractivity contribution in [3.05, 3.63) is 0 Å². The van der Waals surface area contributed by atoms with Gasteiger partial charge in [0.2, 0.25) is 0 Å². The number of hydrogen-bond acceptors (Lipinski definition) is 4. The fourth-order valence-corrected chi connectivity index (χ4v) is 2.13. The summed E-state index contributed by atoms with van der Waals surface area (Å²) in [5.41, 5.74) is 0. The van der Waals surface area contributed by atoms with Gasteiger partial charge in [0.15, 0.2) is 0 Å². The Morgan fingerprint density at radius 3 is 2.55 bits per heavy atom. The fraction of sp³-hybridized carbons (Fsp3) is 0.867. The van der Waals surface area contributed by atoms with Crippen LogP contribution < -0.4 is 0 Å². The maximum atomic E-state index is 12.0. The molecule has 0 aromatic rings. The number of unbranched alkanes of at least 4 members (excludes halogenated alkanes) is 3. The summed E-state index contributed by atoms with van der Waals surface area (Å²) in [6.45, 7) is 3.18. The van der Waals surface area contributed by atoms with E-state index in [4.69, 9.17) is 14.6 Å². The third-order valence-electron chi connectivity index (χ3n) is 3.50. The predicted octanol–water partition coefficient (Wildman–Crippen LogP) is 2.77. The molecular weight excluding hydrogens is 260 g/mol. The first-order valence-corrected chi connectivity index (χ1v) is 7.63. The van der Waals surface area contributed by atoms with Crippen LogP contribution in [0.4, 0.5) is 0 Å². The van der Waals surface area contributed by atoms with Crippen molar-refractivity contribution in [3.63, 3.8) is 0 Å². The molecule has 0 amide bonds. The van der Waals surface area contributed by atoms with Crippen LogP contribution in [0, 0.1) is 5.92 Å². The van der Waals surface area contributed by atoms with Crippen molar-refractivity contribution in [1.29, 1.82) is 0 Å². The zero-order chi connectivity index (χ0) is 14.8. The van der Waals surface area contributed by atoms with Gasteiger partial charge in [-0.25, -0.2) is 0 Å². The monoisotopic (exact) mass is 286 g/mol. The molecule has 1 heterocycles. The van der Waals surface area contributed by atoms with Gasteiger partial charge in [-0.05, 0) is 19.3 Å². The molecule has 1 rings (SSSR count). The van der Waals surface area contributed by atoms with Crippen LogP contribution in [0.25, 0.3) is 0 Å². The Kier molecular flexibility index (Phi) is 8.26. The second-order valence-electron chi connectivity index (χ2n) is 5.42. The highest BCUT2D eigenvalue weighted by Gasteiger charge is 2.26. The minimum Gasteiger partial charge on any atom is -0.481 e. The molecule has 0 aliphatic carbocycles. The van der Waals surface area contributed by atoms with Gasteiger partial charge < -0.3 is 14.6 Å². The lowest BCUT2D eigenvalue weighted by Gasteiger charge is -2.15. The first kappa shape index (κ1) is 17.0. The molecule has 1 fully saturated rings. The third-order valence-corrected chi connectivity index (χ3v) is 3.50. The minimum atomic E-state index is -0.753. The molecule has 0 bridgehead atoms. The van der Waals surface area contributed by atoms with E-state index < -0.39 is 5.97 Å². The van der Waals surface area contributed by atoms with Crippen LogP contribution in [0.3, 0.4) is 0 Å². The Labute approximate surface area is 120 Å². The molecule has 0 aromatic carbocycles. The van der Waals surface area contributed by atoms with Crippen LogP contribution in [0.5, 0.6) is 0 Å². The minimum absolute atomic E-state index is 0.0430. The molecule has 20 heavy (non-hydrogen) atoms. The Morgan fingerprint density at radius 2 is 1.95 bits per heavy atom. The largest absolute Gasteiger partial charge is 0.481 e. The molecule has 1 aliphatic rings. The van der Waals surface area contributed by atoms with Gasteiger partial charge in [0, 0.05) is 6.42 Å². The molecule has 1 N–H and O–H groups in total. The van der Waals surface area contributed by atoms with Gasteiger partial charge >= 0.3 is 11.9 Å². The molecule has 116 valence electrons. The van der Waals surface area contributed by atoms with Gasteiger partial charge in [0.25, 0.3) is 0 Å². The van der Waals surface area contributed by atoms with Crippen molar-refractivity contribution in [2.75, 3.05) is 13.2 Å². The summed E-state index contributed by atoms with van der Waals surface area (Å²) >= 11 is 0. The standard InChI is InChI=1S/C15H26O5/c1-2-3-7-12(8-5-4-6-9-14(16)17)15(18)20-11-13-10-19-13/h12-13H,2-11H2,1H3,(H,16,17). The number of esters is 1. The van der Waals surface area contributed by atoms with Crippen molar-refractivity contribution in [2.45, 2.75) is 64.4 Å². The predicted molar refractivity (Wildman–Crippen MR) is 74.4 cm³/mol. The molecule has 1 saturated heterocycles. The van der Waals surface area contributed by atoms with Gasteiger partial charge in [0.05, 0.1) is 12.5 Å². The van der Waals surface area contributed by atoms with E-state index in [2.05, 4.69) is 6.92 Å². The van der Waals surface area contributed by atoms with Gasteiger partial charge in [-0.1, -0.05) is 32.6 Å². The van der Waals surface area contributed by atoms with Crippen molar-refractivity contribution >= 4 is 11.9 Å². The molecule has 2 atom stereocenters. The fourth-order valence-electron chi connectivity index (χ4n) is 2.13. The average Bonchev–Trinajstić information content (AvgIpc) is 3.23. The van der Waals surface area contributed by atoms with Crippen LogP contribution >= 0.6 is 0 Å². The van der Waals surface area contributed by atoms with Gasteiger partial charge in [-0.3, -0.25) is 9.59 Å². The highest BCUT2D eigenvalue weighted by molar-refractivity contribution is 5.72. The molecular formula is C15H26O5. The Hall–Kier alpha value is -1.10. The Morgan fingerprint density at radius 1 is 1.25 bits per heavy atom. The van der Waals surface area contributed by atoms with Crippen LogP contribution in [0.2, 0.25) is 0 Å². The van der Waals surface area contributed by atoms with Crippen molar-refractivity contribution in [1.82, 2.24) is 0 Å². The Bertz CT molecular complexity index is 299. The van der Waals surface area contributed by atoms with Crippen molar-refractivity contribution in [2.24, 2.45) is 5.92 Å². The van der Waals surface area contributed by atoms with Crippen LogP contribution in [-0.2, 0) is 19.1 Å². The highest BCUT2D eigenvalue weighted by atomic mass is 16.6. The molecule has 5 nitrogen and oxygen atoms in total. The summed E-state index contributed by atoms with van der Waals surface area (Å²) in [5.74, 6) is -0.915. The summed E-state index contributed by atoms with van der Waals surface area (Å²) in [6.07, 6.45) is 6.49. The molecule has 0 aromatic heterocycles. The van der Waals surface area contributed by atoms with Gasteiger partial charge in [0.1, 0.15) is 12.7 Å². The second kappa shape index (κ2) is 9.75. The van der Waals surface area contributed by atoms with E-state index in [0.29, 0.717) is 19.6 Å². The smallest absolute Gasteiger partial charge is 0.309 e. The quantitative estimate of drug-likeness (QED) is 0.339. The lowest BCUT2D eigenvalue weighted by atomic mass is 9.95. The molecule has 1 aliphatic heterocycles. The number of epoxide rings is 1. The van der Waals surface area contributed by atoms with E-state index >= 15 is 0 Å². The van der Waals surface area contributed by atoms with E-state index in [-0.39, 0.29) is 24.4 Å². The van der Waals surface area contributed by atoms with E-state index in [0.717, 1.165) is 38.5 Å². The maximum Gasteiger partial charge on any atom is 0.309 e. The number of carboxylic acid groups (broad SMARTS) is 1.